The molecule has 0 aliphatic heterocycles. The number of hydrogen-bond donors (Lipinski definition) is 0. The van der Waals surface area contributed by atoms with Crippen molar-refractivity contribution in [2.45, 2.75) is 6.92 Å². The summed E-state index contributed by atoms with van der Waals surface area (Å²) in [6.45, 7) is 10.1. The van der Waals surface area contributed by atoms with Gasteiger partial charge in [0.05, 0.1) is 0 Å². The van der Waals surface area contributed by atoms with Gasteiger partial charge in [-0.2, -0.15) is 0 Å². The number of benzene rings is 2. The van der Waals surface area contributed by atoms with Crippen LogP contribution in [0, 0.1) is 0 Å². The molecule has 2 aromatic carbocycles. The topological polar surface area (TPSA) is 0 Å². The Bertz CT molecular complexity index is 630. The molecule has 0 unspecified atom stereocenters. The minimum atomic E-state index is 1.04. The maximum absolute atomic E-state index is 4.25. The van der Waals surface area contributed by atoms with Crippen LogP contribution < -0.4 is 0 Å². The highest BCUT2D eigenvalue weighted by Gasteiger charge is 2.05. The summed E-state index contributed by atoms with van der Waals surface area (Å²) in [6.07, 6.45) is 6.01. The highest BCUT2D eigenvalue weighted by Crippen LogP contribution is 2.26. The van der Waals surface area contributed by atoms with Crippen LogP contribution in [0.25, 0.3) is 17.7 Å². The highest BCUT2D eigenvalue weighted by atomic mass is 14.1. The molecule has 0 aliphatic carbocycles. The third-order valence-electron chi connectivity index (χ3n) is 3.10. The van der Waals surface area contributed by atoms with E-state index in [9.17, 15) is 0 Å². The van der Waals surface area contributed by atoms with Crippen LogP contribution in [0.15, 0.2) is 67.8 Å². The van der Waals surface area contributed by atoms with Crippen molar-refractivity contribution < 1.29 is 0 Å². The van der Waals surface area contributed by atoms with Crippen molar-refractivity contribution in [3.63, 3.8) is 0 Å². The molecule has 0 heterocycles. The van der Waals surface area contributed by atoms with Crippen LogP contribution >= 0.6 is 0 Å². The SMILES string of the molecule is C=Cc1cccc(C(=C)c2ccccc2/C=C\C)c1. The Labute approximate surface area is 115 Å². The van der Waals surface area contributed by atoms with E-state index in [4.69, 9.17) is 0 Å². The molecule has 0 amide bonds. The number of allylic oxidation sites excluding steroid dienone is 1. The van der Waals surface area contributed by atoms with Gasteiger partial charge in [-0.3, -0.25) is 0 Å². The van der Waals surface area contributed by atoms with Crippen molar-refractivity contribution in [2.75, 3.05) is 0 Å². The Morgan fingerprint density at radius 3 is 2.58 bits per heavy atom. The van der Waals surface area contributed by atoms with Crippen LogP contribution in [0.4, 0.5) is 0 Å². The summed E-state index contributed by atoms with van der Waals surface area (Å²) in [6, 6.07) is 16.6. The van der Waals surface area contributed by atoms with Gasteiger partial charge in [0.2, 0.25) is 0 Å². The molecule has 2 rings (SSSR count). The Morgan fingerprint density at radius 2 is 1.84 bits per heavy atom. The van der Waals surface area contributed by atoms with Crippen molar-refractivity contribution in [1.82, 2.24) is 0 Å². The molecular weight excluding hydrogens is 228 g/mol. The minimum Gasteiger partial charge on any atom is -0.0985 e. The first kappa shape index (κ1) is 13.1. The predicted octanol–water partition coefficient (Wildman–Crippen LogP) is 5.42. The molecule has 0 aromatic heterocycles. The second-order valence-electron chi connectivity index (χ2n) is 4.40. The molecule has 0 saturated carbocycles. The van der Waals surface area contributed by atoms with E-state index in [0.717, 1.165) is 16.7 Å². The first-order chi connectivity index (χ1) is 9.26. The third-order valence-corrected chi connectivity index (χ3v) is 3.10. The molecular formula is C19H18. The summed E-state index contributed by atoms with van der Waals surface area (Å²) in [4.78, 5) is 0. The molecule has 0 aliphatic rings. The number of rotatable bonds is 4. The van der Waals surface area contributed by atoms with Crippen LogP contribution in [0.5, 0.6) is 0 Å². The monoisotopic (exact) mass is 246 g/mol. The zero-order chi connectivity index (χ0) is 13.7. The fourth-order valence-corrected chi connectivity index (χ4v) is 2.11. The van der Waals surface area contributed by atoms with Gasteiger partial charge in [-0.15, -0.1) is 0 Å². The van der Waals surface area contributed by atoms with Gasteiger partial charge in [-0.1, -0.05) is 73.9 Å². The molecule has 94 valence electrons. The first-order valence-corrected chi connectivity index (χ1v) is 6.40. The summed E-state index contributed by atoms with van der Waals surface area (Å²) < 4.78 is 0. The minimum absolute atomic E-state index is 1.04. The zero-order valence-corrected chi connectivity index (χ0v) is 11.3. The Kier molecular flexibility index (Phi) is 4.15. The van der Waals surface area contributed by atoms with Gasteiger partial charge >= 0.3 is 0 Å². The van der Waals surface area contributed by atoms with Crippen molar-refractivity contribution in [3.05, 3.63) is 90.0 Å². The third kappa shape index (κ3) is 2.92. The summed E-state index contributed by atoms with van der Waals surface area (Å²) in [5.41, 5.74) is 5.65. The molecule has 0 atom stereocenters. The standard InChI is InChI=1S/C19H18/c1-4-9-17-11-6-7-13-19(17)15(3)18-12-8-10-16(5-2)14-18/h4-14H,2-3H2,1H3/b9-4-. The van der Waals surface area contributed by atoms with E-state index in [0.29, 0.717) is 0 Å². The zero-order valence-electron chi connectivity index (χ0n) is 11.3. The summed E-state index contributed by atoms with van der Waals surface area (Å²) >= 11 is 0. The maximum atomic E-state index is 4.25. The fourth-order valence-electron chi connectivity index (χ4n) is 2.11. The van der Waals surface area contributed by atoms with Gasteiger partial charge in [-0.05, 0) is 40.8 Å². The van der Waals surface area contributed by atoms with E-state index in [1.54, 1.807) is 0 Å². The lowest BCUT2D eigenvalue weighted by Crippen LogP contribution is -1.90. The predicted molar refractivity (Wildman–Crippen MR) is 85.8 cm³/mol. The lowest BCUT2D eigenvalue weighted by Gasteiger charge is -2.10. The molecule has 2 aromatic rings. The lowest BCUT2D eigenvalue weighted by molar-refractivity contribution is 1.52. The van der Waals surface area contributed by atoms with E-state index in [2.05, 4.69) is 43.5 Å². The molecule has 0 saturated heterocycles. The fraction of sp³-hybridized carbons (Fsp3) is 0.0526. The molecule has 0 radical (unpaired) electrons. The Hall–Kier alpha value is -2.34. The van der Waals surface area contributed by atoms with Crippen molar-refractivity contribution in [3.8, 4) is 0 Å². The van der Waals surface area contributed by atoms with Crippen LogP contribution in [-0.4, -0.2) is 0 Å². The van der Waals surface area contributed by atoms with Gasteiger partial charge in [-0.25, -0.2) is 0 Å². The smallest absolute Gasteiger partial charge is 0.0111 e. The second kappa shape index (κ2) is 6.01. The molecule has 0 nitrogen and oxygen atoms in total. The van der Waals surface area contributed by atoms with Crippen molar-refractivity contribution in [1.29, 1.82) is 0 Å². The van der Waals surface area contributed by atoms with Gasteiger partial charge in [0.25, 0.3) is 0 Å². The average Bonchev–Trinajstić information content (AvgIpc) is 2.47. The molecule has 0 spiro atoms. The van der Waals surface area contributed by atoms with Gasteiger partial charge in [0.15, 0.2) is 0 Å². The molecule has 19 heavy (non-hydrogen) atoms. The van der Waals surface area contributed by atoms with Crippen LogP contribution in [0.3, 0.4) is 0 Å². The van der Waals surface area contributed by atoms with E-state index in [1.165, 1.54) is 11.1 Å². The highest BCUT2D eigenvalue weighted by molar-refractivity contribution is 5.83. The molecule has 0 fully saturated rings. The van der Waals surface area contributed by atoms with E-state index < -0.39 is 0 Å². The van der Waals surface area contributed by atoms with Gasteiger partial charge in [0.1, 0.15) is 0 Å². The Morgan fingerprint density at radius 1 is 1.05 bits per heavy atom. The molecule has 0 heteroatoms. The molecule has 0 N–H and O–H groups in total. The van der Waals surface area contributed by atoms with Crippen LogP contribution in [0.2, 0.25) is 0 Å². The Balaban J connectivity index is 2.46. The van der Waals surface area contributed by atoms with Gasteiger partial charge < -0.3 is 0 Å². The van der Waals surface area contributed by atoms with E-state index in [-0.39, 0.29) is 0 Å². The van der Waals surface area contributed by atoms with Gasteiger partial charge in [0, 0.05) is 0 Å². The largest absolute Gasteiger partial charge is 0.0985 e. The number of hydrogen-bond acceptors (Lipinski definition) is 0. The molecule has 0 bridgehead atoms. The normalized spacial score (nSPS) is 10.6. The maximum Gasteiger partial charge on any atom is -0.0111 e. The van der Waals surface area contributed by atoms with Crippen molar-refractivity contribution >= 4 is 17.7 Å². The van der Waals surface area contributed by atoms with E-state index >= 15 is 0 Å². The average molecular weight is 246 g/mol. The van der Waals surface area contributed by atoms with Crippen LogP contribution in [-0.2, 0) is 0 Å². The van der Waals surface area contributed by atoms with Crippen molar-refractivity contribution in [2.24, 2.45) is 0 Å². The van der Waals surface area contributed by atoms with E-state index in [1.807, 2.05) is 43.3 Å². The summed E-state index contributed by atoms with van der Waals surface area (Å²) in [7, 11) is 0. The second-order valence-corrected chi connectivity index (χ2v) is 4.40. The lowest BCUT2D eigenvalue weighted by atomic mass is 9.94. The summed E-state index contributed by atoms with van der Waals surface area (Å²) in [5.74, 6) is 0. The summed E-state index contributed by atoms with van der Waals surface area (Å²) in [5, 5.41) is 0. The quantitative estimate of drug-likeness (QED) is 0.675. The first-order valence-electron chi connectivity index (χ1n) is 6.40. The van der Waals surface area contributed by atoms with Crippen LogP contribution in [0.1, 0.15) is 29.2 Å².